The number of nitrogens with zero attached hydrogens (tertiary/aromatic N) is 1. The third kappa shape index (κ3) is 6.59. The summed E-state index contributed by atoms with van der Waals surface area (Å²) in [5, 5.41) is 7.52. The Morgan fingerprint density at radius 2 is 1.54 bits per heavy atom. The lowest BCUT2D eigenvalue weighted by Gasteiger charge is -2.30. The summed E-state index contributed by atoms with van der Waals surface area (Å²) in [6, 6.07) is 18.4. The maximum absolute atomic E-state index is 13.6. The molecule has 3 rings (SSSR count). The molecule has 0 aliphatic rings. The van der Waals surface area contributed by atoms with Crippen LogP contribution in [0.25, 0.3) is 10.8 Å². The van der Waals surface area contributed by atoms with Crippen LogP contribution < -0.4 is 10.6 Å². The highest BCUT2D eigenvalue weighted by atomic mass is 16.6. The number of hydrogen-bond donors (Lipinski definition) is 2. The molecule has 3 aromatic carbocycles. The zero-order chi connectivity index (χ0) is 25.8. The quantitative estimate of drug-likeness (QED) is 0.518. The van der Waals surface area contributed by atoms with Crippen LogP contribution in [-0.4, -0.2) is 42.0 Å². The molecule has 0 aliphatic carbocycles. The van der Waals surface area contributed by atoms with E-state index >= 15 is 0 Å². The number of benzene rings is 3. The van der Waals surface area contributed by atoms with Crippen molar-refractivity contribution in [3.8, 4) is 0 Å². The normalized spacial score (nSPS) is 12.1. The first-order valence-corrected chi connectivity index (χ1v) is 11.5. The van der Waals surface area contributed by atoms with Crippen molar-refractivity contribution >= 4 is 34.4 Å². The summed E-state index contributed by atoms with van der Waals surface area (Å²) < 4.78 is 5.21. The van der Waals surface area contributed by atoms with Crippen LogP contribution in [0.2, 0.25) is 0 Å². The minimum atomic E-state index is -0.893. The monoisotopic (exact) mass is 475 g/mol. The zero-order valence-electron chi connectivity index (χ0n) is 21.1. The molecule has 0 aromatic heterocycles. The lowest BCUT2D eigenvalue weighted by molar-refractivity contribution is -0.136. The first-order valence-electron chi connectivity index (χ1n) is 11.5. The SMILES string of the molecule is Cc1cccc(C)c1C(C(=O)Nc1ccc2ccccc2c1)N(C)C(=O)CNC(=O)OC(C)(C)C. The van der Waals surface area contributed by atoms with Crippen LogP contribution >= 0.6 is 0 Å². The van der Waals surface area contributed by atoms with Gasteiger partial charge in [0.1, 0.15) is 18.2 Å². The molecular weight excluding hydrogens is 442 g/mol. The molecule has 7 nitrogen and oxygen atoms in total. The second-order valence-electron chi connectivity index (χ2n) is 9.62. The molecule has 184 valence electrons. The Bertz CT molecular complexity index is 1230. The van der Waals surface area contributed by atoms with Crippen LogP contribution in [-0.2, 0) is 14.3 Å². The molecule has 2 N–H and O–H groups in total. The van der Waals surface area contributed by atoms with E-state index in [4.69, 9.17) is 4.74 Å². The van der Waals surface area contributed by atoms with E-state index in [9.17, 15) is 14.4 Å². The number of carbonyl (C=O) groups is 3. The fourth-order valence-electron chi connectivity index (χ4n) is 3.97. The Labute approximate surface area is 206 Å². The summed E-state index contributed by atoms with van der Waals surface area (Å²) in [6.07, 6.45) is -0.691. The van der Waals surface area contributed by atoms with Crippen LogP contribution in [0, 0.1) is 13.8 Å². The molecule has 0 heterocycles. The van der Waals surface area contributed by atoms with Crippen molar-refractivity contribution in [3.63, 3.8) is 0 Å². The van der Waals surface area contributed by atoms with Gasteiger partial charge in [-0.25, -0.2) is 4.79 Å². The van der Waals surface area contributed by atoms with E-state index in [0.29, 0.717) is 5.69 Å². The topological polar surface area (TPSA) is 87.7 Å². The summed E-state index contributed by atoms with van der Waals surface area (Å²) in [6.45, 7) is 8.76. The molecule has 0 bridgehead atoms. The van der Waals surface area contributed by atoms with Crippen molar-refractivity contribution in [2.75, 3.05) is 18.9 Å². The lowest BCUT2D eigenvalue weighted by Crippen LogP contribution is -2.45. The molecule has 7 heteroatoms. The Morgan fingerprint density at radius 1 is 0.914 bits per heavy atom. The van der Waals surface area contributed by atoms with Crippen molar-refractivity contribution in [1.82, 2.24) is 10.2 Å². The standard InChI is InChI=1S/C28H33N3O4/c1-18-10-9-11-19(2)24(18)25(31(6)23(32)17-29-27(34)35-28(3,4)5)26(33)30-22-15-14-20-12-7-8-13-21(20)16-22/h7-16,25H,17H2,1-6H3,(H,29,34)(H,30,33). The van der Waals surface area contributed by atoms with Gasteiger partial charge in [0.2, 0.25) is 5.91 Å². The van der Waals surface area contributed by atoms with Gasteiger partial charge in [0.15, 0.2) is 0 Å². The van der Waals surface area contributed by atoms with Gasteiger partial charge in [-0.05, 0) is 74.2 Å². The molecule has 0 fully saturated rings. The van der Waals surface area contributed by atoms with Gasteiger partial charge in [-0.1, -0.05) is 48.5 Å². The third-order valence-corrected chi connectivity index (χ3v) is 5.64. The Balaban J connectivity index is 1.86. The minimum absolute atomic E-state index is 0.296. The molecule has 0 radical (unpaired) electrons. The van der Waals surface area contributed by atoms with E-state index in [-0.39, 0.29) is 12.5 Å². The molecule has 0 spiro atoms. The summed E-state index contributed by atoms with van der Waals surface area (Å²) in [5.41, 5.74) is 2.49. The largest absolute Gasteiger partial charge is 0.444 e. The number of alkyl carbamates (subject to hydrolysis) is 1. The fraction of sp³-hybridized carbons (Fsp3) is 0.321. The predicted molar refractivity (Wildman–Crippen MR) is 138 cm³/mol. The Kier molecular flexibility index (Phi) is 7.79. The first kappa shape index (κ1) is 25.7. The molecule has 35 heavy (non-hydrogen) atoms. The van der Waals surface area contributed by atoms with Gasteiger partial charge < -0.3 is 20.3 Å². The second kappa shape index (κ2) is 10.6. The molecule has 3 amide bonds. The lowest BCUT2D eigenvalue weighted by atomic mass is 9.94. The summed E-state index contributed by atoms with van der Waals surface area (Å²) in [4.78, 5) is 40.1. The Hall–Kier alpha value is -3.87. The van der Waals surface area contributed by atoms with Gasteiger partial charge in [-0.2, -0.15) is 0 Å². The van der Waals surface area contributed by atoms with E-state index < -0.39 is 23.6 Å². The van der Waals surface area contributed by atoms with Crippen LogP contribution in [0.15, 0.2) is 60.7 Å². The third-order valence-electron chi connectivity index (χ3n) is 5.64. The second-order valence-corrected chi connectivity index (χ2v) is 9.62. The van der Waals surface area contributed by atoms with E-state index in [1.165, 1.54) is 4.90 Å². The highest BCUT2D eigenvalue weighted by molar-refractivity contribution is 6.00. The fourth-order valence-corrected chi connectivity index (χ4v) is 3.97. The summed E-state index contributed by atoms with van der Waals surface area (Å²) >= 11 is 0. The van der Waals surface area contributed by atoms with Crippen molar-refractivity contribution in [3.05, 3.63) is 77.4 Å². The number of anilines is 1. The molecule has 1 atom stereocenters. The zero-order valence-corrected chi connectivity index (χ0v) is 21.1. The number of likely N-dealkylation sites (N-methyl/N-ethyl adjacent to an activating group) is 1. The van der Waals surface area contributed by atoms with Gasteiger partial charge >= 0.3 is 6.09 Å². The van der Waals surface area contributed by atoms with Gasteiger partial charge in [0, 0.05) is 12.7 Å². The van der Waals surface area contributed by atoms with Crippen molar-refractivity contribution < 1.29 is 19.1 Å². The number of hydrogen-bond acceptors (Lipinski definition) is 4. The predicted octanol–water partition coefficient (Wildman–Crippen LogP) is 5.12. The number of carbonyl (C=O) groups excluding carboxylic acids is 3. The van der Waals surface area contributed by atoms with Gasteiger partial charge in [0.25, 0.3) is 5.91 Å². The molecule has 0 aliphatic heterocycles. The number of ether oxygens (including phenoxy) is 1. The average molecular weight is 476 g/mol. The number of fused-ring (bicyclic) bond motifs is 1. The number of rotatable bonds is 6. The minimum Gasteiger partial charge on any atom is -0.444 e. The molecule has 0 saturated carbocycles. The van der Waals surface area contributed by atoms with E-state index in [0.717, 1.165) is 27.5 Å². The smallest absolute Gasteiger partial charge is 0.408 e. The van der Waals surface area contributed by atoms with Gasteiger partial charge in [-0.15, -0.1) is 0 Å². The molecule has 1 unspecified atom stereocenters. The first-order chi connectivity index (χ1) is 16.5. The molecule has 0 saturated heterocycles. The van der Waals surface area contributed by atoms with Crippen molar-refractivity contribution in [1.29, 1.82) is 0 Å². The average Bonchev–Trinajstić information content (AvgIpc) is 2.78. The maximum atomic E-state index is 13.6. The van der Waals surface area contributed by atoms with Crippen molar-refractivity contribution in [2.45, 2.75) is 46.3 Å². The van der Waals surface area contributed by atoms with Crippen molar-refractivity contribution in [2.24, 2.45) is 0 Å². The highest BCUT2D eigenvalue weighted by Crippen LogP contribution is 2.29. The summed E-state index contributed by atoms with van der Waals surface area (Å²) in [5.74, 6) is -0.761. The van der Waals surface area contributed by atoms with Crippen LogP contribution in [0.4, 0.5) is 10.5 Å². The number of aryl methyl sites for hydroxylation is 2. The maximum Gasteiger partial charge on any atom is 0.408 e. The summed E-state index contributed by atoms with van der Waals surface area (Å²) in [7, 11) is 1.57. The number of nitrogens with one attached hydrogen (secondary N) is 2. The van der Waals surface area contributed by atoms with Gasteiger partial charge in [0.05, 0.1) is 0 Å². The van der Waals surface area contributed by atoms with Gasteiger partial charge in [-0.3, -0.25) is 9.59 Å². The number of amides is 3. The van der Waals surface area contributed by atoms with Crippen LogP contribution in [0.3, 0.4) is 0 Å². The molecule has 3 aromatic rings. The van der Waals surface area contributed by atoms with Crippen LogP contribution in [0.5, 0.6) is 0 Å². The molecular formula is C28H33N3O4. The van der Waals surface area contributed by atoms with E-state index in [1.54, 1.807) is 27.8 Å². The van der Waals surface area contributed by atoms with Crippen LogP contribution in [0.1, 0.15) is 43.5 Å². The Morgan fingerprint density at radius 3 is 2.17 bits per heavy atom. The van der Waals surface area contributed by atoms with E-state index in [1.807, 2.05) is 74.5 Å². The highest BCUT2D eigenvalue weighted by Gasteiger charge is 2.31. The van der Waals surface area contributed by atoms with E-state index in [2.05, 4.69) is 10.6 Å².